The molecule has 0 fully saturated rings. The Morgan fingerprint density at radius 3 is 2.07 bits per heavy atom. The number of carbonyl (C=O) groups excluding carboxylic acids is 2. The number of rotatable bonds is 5. The average molecular weight is 363 g/mol. The van der Waals surface area contributed by atoms with E-state index >= 15 is 0 Å². The molecule has 3 nitrogen and oxygen atoms in total. The molecule has 27 heavy (non-hydrogen) atoms. The minimum Gasteiger partial charge on any atom is -0.322 e. The first kappa shape index (κ1) is 18.2. The summed E-state index contributed by atoms with van der Waals surface area (Å²) in [5, 5.41) is 2.57. The summed E-state index contributed by atoms with van der Waals surface area (Å²) in [5.74, 6) is -1.90. The predicted octanol–water partition coefficient (Wildman–Crippen LogP) is 5.11. The molecule has 1 amide bonds. The lowest BCUT2D eigenvalue weighted by atomic mass is 10.1. The van der Waals surface area contributed by atoms with Crippen molar-refractivity contribution >= 4 is 23.5 Å². The average Bonchev–Trinajstić information content (AvgIpc) is 2.68. The van der Waals surface area contributed by atoms with Gasteiger partial charge in [0.25, 0.3) is 5.91 Å². The van der Waals surface area contributed by atoms with Gasteiger partial charge < -0.3 is 5.32 Å². The summed E-state index contributed by atoms with van der Waals surface area (Å²) in [5.41, 5.74) is 1.06. The van der Waals surface area contributed by atoms with Crippen LogP contribution in [0.25, 0.3) is 6.08 Å². The van der Waals surface area contributed by atoms with Gasteiger partial charge >= 0.3 is 0 Å². The van der Waals surface area contributed by atoms with Crippen molar-refractivity contribution in [2.24, 2.45) is 0 Å². The molecule has 0 bridgehead atoms. The Balaban J connectivity index is 1.68. The Morgan fingerprint density at radius 1 is 0.778 bits per heavy atom. The lowest BCUT2D eigenvalue weighted by molar-refractivity contribution is 0.102. The molecule has 0 atom stereocenters. The second-order valence-corrected chi connectivity index (χ2v) is 5.73. The minimum atomic E-state index is -0.611. The molecule has 3 aromatic carbocycles. The number of hydrogen-bond acceptors (Lipinski definition) is 2. The Hall–Kier alpha value is -3.60. The largest absolute Gasteiger partial charge is 0.322 e. The fourth-order valence-corrected chi connectivity index (χ4v) is 2.43. The summed E-state index contributed by atoms with van der Waals surface area (Å²) in [6.45, 7) is 0. The Kier molecular flexibility index (Phi) is 5.52. The van der Waals surface area contributed by atoms with Crippen LogP contribution in [0.4, 0.5) is 14.5 Å². The van der Waals surface area contributed by atoms with Crippen molar-refractivity contribution in [2.75, 3.05) is 5.32 Å². The second-order valence-electron chi connectivity index (χ2n) is 5.73. The lowest BCUT2D eigenvalue weighted by Crippen LogP contribution is -2.13. The van der Waals surface area contributed by atoms with Gasteiger partial charge in [0.2, 0.25) is 0 Å². The van der Waals surface area contributed by atoms with Crippen LogP contribution in [0.1, 0.15) is 26.3 Å². The van der Waals surface area contributed by atoms with Gasteiger partial charge in [-0.2, -0.15) is 0 Å². The van der Waals surface area contributed by atoms with Gasteiger partial charge in [0.05, 0.1) is 5.56 Å². The van der Waals surface area contributed by atoms with E-state index in [1.807, 2.05) is 0 Å². The standard InChI is InChI=1S/C22H15F2NO2/c23-19-7-3-1-5-15(19)11-14-21(26)16-9-12-17(13-10-16)25-22(27)18-6-2-4-8-20(18)24/h1-14H,(H,25,27). The summed E-state index contributed by atoms with van der Waals surface area (Å²) in [7, 11) is 0. The monoisotopic (exact) mass is 363 g/mol. The highest BCUT2D eigenvalue weighted by Gasteiger charge is 2.11. The van der Waals surface area contributed by atoms with Gasteiger partial charge in [-0.25, -0.2) is 8.78 Å². The number of nitrogens with one attached hydrogen (secondary N) is 1. The minimum absolute atomic E-state index is 0.0644. The molecule has 0 aromatic heterocycles. The molecule has 0 unspecified atom stereocenters. The van der Waals surface area contributed by atoms with Crippen molar-refractivity contribution in [3.8, 4) is 0 Å². The summed E-state index contributed by atoms with van der Waals surface area (Å²) in [6.07, 6.45) is 2.69. The van der Waals surface area contributed by atoms with E-state index in [9.17, 15) is 18.4 Å². The number of ketones is 1. The lowest BCUT2D eigenvalue weighted by Gasteiger charge is -2.06. The van der Waals surface area contributed by atoms with Gasteiger partial charge in [-0.3, -0.25) is 9.59 Å². The van der Waals surface area contributed by atoms with Crippen LogP contribution in [0, 0.1) is 11.6 Å². The molecule has 0 saturated carbocycles. The zero-order valence-corrected chi connectivity index (χ0v) is 14.2. The fraction of sp³-hybridized carbons (Fsp3) is 0. The summed E-state index contributed by atoms with van der Waals surface area (Å²) >= 11 is 0. The molecule has 0 aliphatic heterocycles. The van der Waals surface area contributed by atoms with Crippen molar-refractivity contribution in [2.45, 2.75) is 0 Å². The first-order valence-electron chi connectivity index (χ1n) is 8.17. The number of amides is 1. The molecule has 134 valence electrons. The van der Waals surface area contributed by atoms with E-state index in [0.717, 1.165) is 0 Å². The van der Waals surface area contributed by atoms with Crippen molar-refractivity contribution in [3.63, 3.8) is 0 Å². The highest BCUT2D eigenvalue weighted by atomic mass is 19.1. The summed E-state index contributed by atoms with van der Waals surface area (Å²) < 4.78 is 27.2. The summed E-state index contributed by atoms with van der Waals surface area (Å²) in [4.78, 5) is 24.3. The molecule has 0 spiro atoms. The molecule has 0 radical (unpaired) electrons. The van der Waals surface area contributed by atoms with Crippen molar-refractivity contribution < 1.29 is 18.4 Å². The highest BCUT2D eigenvalue weighted by molar-refractivity contribution is 6.08. The van der Waals surface area contributed by atoms with E-state index in [1.165, 1.54) is 48.6 Å². The third kappa shape index (κ3) is 4.52. The SMILES string of the molecule is O=C(C=Cc1ccccc1F)c1ccc(NC(=O)c2ccccc2F)cc1. The van der Waals surface area contributed by atoms with E-state index < -0.39 is 17.5 Å². The Bertz CT molecular complexity index is 1010. The fourth-order valence-electron chi connectivity index (χ4n) is 2.43. The number of anilines is 1. The van der Waals surface area contributed by atoms with Crippen molar-refractivity contribution in [3.05, 3.63) is 107 Å². The molecule has 0 aliphatic carbocycles. The zero-order chi connectivity index (χ0) is 19.2. The molecule has 3 rings (SSSR count). The molecule has 5 heteroatoms. The Morgan fingerprint density at radius 2 is 1.41 bits per heavy atom. The molecular formula is C22H15F2NO2. The Labute approximate surface area is 155 Å². The van der Waals surface area contributed by atoms with E-state index in [1.54, 1.807) is 36.4 Å². The maximum absolute atomic E-state index is 13.6. The first-order valence-corrected chi connectivity index (χ1v) is 8.17. The smallest absolute Gasteiger partial charge is 0.258 e. The first-order chi connectivity index (χ1) is 13.0. The third-order valence-electron chi connectivity index (χ3n) is 3.87. The maximum atomic E-state index is 13.6. The van der Waals surface area contributed by atoms with Crippen LogP contribution >= 0.6 is 0 Å². The highest BCUT2D eigenvalue weighted by Crippen LogP contribution is 2.15. The zero-order valence-electron chi connectivity index (χ0n) is 14.2. The molecule has 0 heterocycles. The number of halogens is 2. The van der Waals surface area contributed by atoms with Gasteiger partial charge in [-0.1, -0.05) is 30.3 Å². The van der Waals surface area contributed by atoms with Gasteiger partial charge in [-0.05, 0) is 54.6 Å². The van der Waals surface area contributed by atoms with Gasteiger partial charge in [0.1, 0.15) is 11.6 Å². The number of carbonyl (C=O) groups is 2. The predicted molar refractivity (Wildman–Crippen MR) is 101 cm³/mol. The van der Waals surface area contributed by atoms with Crippen LogP contribution < -0.4 is 5.32 Å². The van der Waals surface area contributed by atoms with Crippen LogP contribution in [0.5, 0.6) is 0 Å². The molecule has 0 saturated heterocycles. The number of hydrogen-bond donors (Lipinski definition) is 1. The second kappa shape index (κ2) is 8.19. The van der Waals surface area contributed by atoms with Crippen LogP contribution in [0.15, 0.2) is 78.9 Å². The molecule has 1 N–H and O–H groups in total. The van der Waals surface area contributed by atoms with E-state index in [4.69, 9.17) is 0 Å². The molecule has 3 aromatic rings. The normalized spacial score (nSPS) is 10.7. The van der Waals surface area contributed by atoms with E-state index in [0.29, 0.717) is 16.8 Å². The van der Waals surface area contributed by atoms with E-state index in [2.05, 4.69) is 5.32 Å². The van der Waals surface area contributed by atoms with Crippen molar-refractivity contribution in [1.29, 1.82) is 0 Å². The topological polar surface area (TPSA) is 46.2 Å². The van der Waals surface area contributed by atoms with Crippen LogP contribution in [-0.4, -0.2) is 11.7 Å². The number of allylic oxidation sites excluding steroid dienone is 1. The van der Waals surface area contributed by atoms with Crippen molar-refractivity contribution in [1.82, 2.24) is 0 Å². The quantitative estimate of drug-likeness (QED) is 0.506. The maximum Gasteiger partial charge on any atom is 0.258 e. The molecule has 0 aliphatic rings. The molecular weight excluding hydrogens is 348 g/mol. The van der Waals surface area contributed by atoms with Gasteiger partial charge in [-0.15, -0.1) is 0 Å². The van der Waals surface area contributed by atoms with Crippen LogP contribution in [0.2, 0.25) is 0 Å². The third-order valence-corrected chi connectivity index (χ3v) is 3.87. The van der Waals surface area contributed by atoms with Crippen LogP contribution in [-0.2, 0) is 0 Å². The number of benzene rings is 3. The van der Waals surface area contributed by atoms with Gasteiger partial charge in [0, 0.05) is 16.8 Å². The van der Waals surface area contributed by atoms with E-state index in [-0.39, 0.29) is 11.3 Å². The van der Waals surface area contributed by atoms with Gasteiger partial charge in [0.15, 0.2) is 5.78 Å². The van der Waals surface area contributed by atoms with Crippen LogP contribution in [0.3, 0.4) is 0 Å². The summed E-state index contributed by atoms with van der Waals surface area (Å²) in [6, 6.07) is 18.0.